The van der Waals surface area contributed by atoms with Crippen LogP contribution in [-0.4, -0.2) is 9.55 Å². The first-order valence-corrected chi connectivity index (χ1v) is 7.46. The molecule has 0 saturated carbocycles. The molecule has 4 heteroatoms. The molecule has 3 aromatic carbocycles. The van der Waals surface area contributed by atoms with E-state index in [-0.39, 0.29) is 6.01 Å². The molecule has 2 heterocycles. The number of hydrogen-bond acceptors (Lipinski definition) is 3. The minimum Gasteiger partial charge on any atom is -0.424 e. The van der Waals surface area contributed by atoms with Crippen molar-refractivity contribution in [3.05, 3.63) is 66.7 Å². The molecule has 0 unspecified atom stereocenters. The molecule has 0 fully saturated rings. The molecule has 110 valence electrons. The van der Waals surface area contributed by atoms with Crippen LogP contribution in [0.4, 0.5) is 6.01 Å². The third-order valence-corrected chi connectivity index (χ3v) is 4.23. The van der Waals surface area contributed by atoms with Gasteiger partial charge in [0.25, 0.3) is 6.01 Å². The van der Waals surface area contributed by atoms with Crippen LogP contribution in [0.5, 0.6) is 0 Å². The van der Waals surface area contributed by atoms with Crippen molar-refractivity contribution in [2.45, 2.75) is 0 Å². The highest BCUT2D eigenvalue weighted by molar-refractivity contribution is 6.09. The summed E-state index contributed by atoms with van der Waals surface area (Å²) in [6.45, 7) is 0. The Morgan fingerprint density at radius 3 is 2.17 bits per heavy atom. The van der Waals surface area contributed by atoms with Gasteiger partial charge in [-0.05, 0) is 24.3 Å². The van der Waals surface area contributed by atoms with Crippen molar-refractivity contribution in [1.29, 1.82) is 0 Å². The van der Waals surface area contributed by atoms with E-state index >= 15 is 0 Å². The van der Waals surface area contributed by atoms with E-state index in [9.17, 15) is 0 Å². The van der Waals surface area contributed by atoms with Gasteiger partial charge in [0.15, 0.2) is 5.58 Å². The lowest BCUT2D eigenvalue weighted by molar-refractivity contribution is 0.626. The predicted octanol–water partition coefficient (Wildman–Crippen LogP) is 4.51. The molecule has 0 spiro atoms. The Morgan fingerprint density at radius 1 is 0.826 bits per heavy atom. The first kappa shape index (κ1) is 12.3. The summed E-state index contributed by atoms with van der Waals surface area (Å²) < 4.78 is 7.72. The van der Waals surface area contributed by atoms with Crippen LogP contribution in [0.3, 0.4) is 0 Å². The highest BCUT2D eigenvalue weighted by Crippen LogP contribution is 2.32. The summed E-state index contributed by atoms with van der Waals surface area (Å²) in [5.41, 5.74) is 10.5. The molecular weight excluding hydrogens is 286 g/mol. The minimum atomic E-state index is 0.194. The van der Waals surface area contributed by atoms with Gasteiger partial charge in [-0.25, -0.2) is 0 Å². The number of fused-ring (bicyclic) bond motifs is 4. The van der Waals surface area contributed by atoms with Gasteiger partial charge in [-0.15, -0.1) is 0 Å². The van der Waals surface area contributed by atoms with E-state index in [2.05, 4.69) is 58.1 Å². The maximum atomic E-state index is 5.66. The number of aromatic nitrogens is 2. The first-order valence-electron chi connectivity index (χ1n) is 7.46. The molecule has 4 nitrogen and oxygen atoms in total. The summed E-state index contributed by atoms with van der Waals surface area (Å²) in [7, 11) is 0. The minimum absolute atomic E-state index is 0.194. The monoisotopic (exact) mass is 299 g/mol. The number of oxazole rings is 1. The number of nitrogens with two attached hydrogens (primary N) is 1. The van der Waals surface area contributed by atoms with Gasteiger partial charge in [0.2, 0.25) is 0 Å². The van der Waals surface area contributed by atoms with Crippen molar-refractivity contribution in [1.82, 2.24) is 9.55 Å². The van der Waals surface area contributed by atoms with Crippen molar-refractivity contribution < 1.29 is 4.42 Å². The highest BCUT2D eigenvalue weighted by Gasteiger charge is 2.12. The number of rotatable bonds is 1. The molecular formula is C19H13N3O. The Balaban J connectivity index is 1.92. The van der Waals surface area contributed by atoms with E-state index in [1.165, 1.54) is 21.8 Å². The SMILES string of the molecule is Nc1nc2ccc(-n3c4ccccc4c4ccccc43)cc2o1. The molecule has 0 bridgehead atoms. The lowest BCUT2D eigenvalue weighted by Gasteiger charge is -2.07. The number of hydrogen-bond donors (Lipinski definition) is 1. The molecule has 0 aliphatic rings. The van der Waals surface area contributed by atoms with E-state index in [1.54, 1.807) is 0 Å². The van der Waals surface area contributed by atoms with Gasteiger partial charge < -0.3 is 14.7 Å². The van der Waals surface area contributed by atoms with Crippen LogP contribution in [0.1, 0.15) is 0 Å². The van der Waals surface area contributed by atoms with Gasteiger partial charge in [-0.3, -0.25) is 0 Å². The van der Waals surface area contributed by atoms with Gasteiger partial charge >= 0.3 is 0 Å². The van der Waals surface area contributed by atoms with Crippen LogP contribution < -0.4 is 5.73 Å². The molecule has 23 heavy (non-hydrogen) atoms. The molecule has 2 aromatic heterocycles. The van der Waals surface area contributed by atoms with Crippen molar-refractivity contribution >= 4 is 38.9 Å². The predicted molar refractivity (Wildman–Crippen MR) is 92.8 cm³/mol. The molecule has 0 amide bonds. The average Bonchev–Trinajstić information content (AvgIpc) is 3.11. The molecule has 0 radical (unpaired) electrons. The molecule has 0 aliphatic carbocycles. The van der Waals surface area contributed by atoms with Gasteiger partial charge in [0.1, 0.15) is 5.52 Å². The maximum absolute atomic E-state index is 5.66. The van der Waals surface area contributed by atoms with Crippen LogP contribution in [0.25, 0.3) is 38.6 Å². The Hall–Kier alpha value is -3.27. The number of anilines is 1. The maximum Gasteiger partial charge on any atom is 0.292 e. The summed E-state index contributed by atoms with van der Waals surface area (Å²) in [5, 5.41) is 2.47. The van der Waals surface area contributed by atoms with Crippen molar-refractivity contribution in [2.75, 3.05) is 5.73 Å². The normalized spacial score (nSPS) is 11.7. The second kappa shape index (κ2) is 4.36. The van der Waals surface area contributed by atoms with E-state index in [4.69, 9.17) is 10.2 Å². The van der Waals surface area contributed by atoms with Crippen molar-refractivity contribution in [3.63, 3.8) is 0 Å². The molecule has 0 atom stereocenters. The molecule has 5 aromatic rings. The smallest absolute Gasteiger partial charge is 0.292 e. The van der Waals surface area contributed by atoms with Crippen LogP contribution >= 0.6 is 0 Å². The first-order chi connectivity index (χ1) is 11.3. The Bertz CT molecular complexity index is 1130. The zero-order valence-electron chi connectivity index (χ0n) is 12.2. The largest absolute Gasteiger partial charge is 0.424 e. The lowest BCUT2D eigenvalue weighted by Crippen LogP contribution is -1.93. The lowest BCUT2D eigenvalue weighted by atomic mass is 10.2. The van der Waals surface area contributed by atoms with Gasteiger partial charge in [-0.2, -0.15) is 4.98 Å². The second-order valence-corrected chi connectivity index (χ2v) is 5.57. The van der Waals surface area contributed by atoms with Gasteiger partial charge in [-0.1, -0.05) is 36.4 Å². The zero-order chi connectivity index (χ0) is 15.4. The summed E-state index contributed by atoms with van der Waals surface area (Å²) in [6.07, 6.45) is 0. The Labute approximate surface area is 131 Å². The third-order valence-electron chi connectivity index (χ3n) is 4.23. The quantitative estimate of drug-likeness (QED) is 0.495. The average molecular weight is 299 g/mol. The molecule has 5 rings (SSSR count). The number of nitrogen functional groups attached to an aromatic ring is 1. The molecule has 2 N–H and O–H groups in total. The van der Waals surface area contributed by atoms with Gasteiger partial charge in [0.05, 0.1) is 16.7 Å². The number of benzene rings is 3. The Morgan fingerprint density at radius 2 is 1.48 bits per heavy atom. The van der Waals surface area contributed by atoms with Crippen LogP contribution in [0.2, 0.25) is 0 Å². The van der Waals surface area contributed by atoms with E-state index in [1.807, 2.05) is 18.2 Å². The summed E-state index contributed by atoms with van der Waals surface area (Å²) in [6, 6.07) is 23.0. The van der Waals surface area contributed by atoms with E-state index in [0.717, 1.165) is 11.2 Å². The van der Waals surface area contributed by atoms with Crippen LogP contribution in [0, 0.1) is 0 Å². The Kier molecular flexibility index (Phi) is 2.33. The molecule has 0 aliphatic heterocycles. The van der Waals surface area contributed by atoms with E-state index in [0.29, 0.717) is 5.58 Å². The summed E-state index contributed by atoms with van der Waals surface area (Å²) in [4.78, 5) is 4.16. The summed E-state index contributed by atoms with van der Waals surface area (Å²) in [5.74, 6) is 0. The second-order valence-electron chi connectivity index (χ2n) is 5.57. The molecule has 0 saturated heterocycles. The standard InChI is InChI=1S/C19H13N3O/c20-19-21-15-10-9-12(11-18(15)23-19)22-16-7-3-1-5-13(16)14-6-2-4-8-17(14)22/h1-11H,(H2,20,21). The highest BCUT2D eigenvalue weighted by atomic mass is 16.4. The van der Waals surface area contributed by atoms with Crippen molar-refractivity contribution in [3.8, 4) is 5.69 Å². The number of para-hydroxylation sites is 2. The topological polar surface area (TPSA) is 57.0 Å². The van der Waals surface area contributed by atoms with Crippen molar-refractivity contribution in [2.24, 2.45) is 0 Å². The fraction of sp³-hybridized carbons (Fsp3) is 0. The summed E-state index contributed by atoms with van der Waals surface area (Å²) >= 11 is 0. The van der Waals surface area contributed by atoms with E-state index < -0.39 is 0 Å². The zero-order valence-corrected chi connectivity index (χ0v) is 12.2. The fourth-order valence-corrected chi connectivity index (χ4v) is 3.27. The van der Waals surface area contributed by atoms with Crippen LogP contribution in [0.15, 0.2) is 71.1 Å². The third kappa shape index (κ3) is 1.69. The van der Waals surface area contributed by atoms with Gasteiger partial charge in [0, 0.05) is 16.8 Å². The van der Waals surface area contributed by atoms with Crippen LogP contribution in [-0.2, 0) is 0 Å². The number of nitrogens with zero attached hydrogens (tertiary/aromatic N) is 2. The fourth-order valence-electron chi connectivity index (χ4n) is 3.27.